The Labute approximate surface area is 156 Å². The SMILES string of the molecule is CC(C)OC(=O)N1CCN(c2ccn3ncc(-c4cnccn4)c3n2)CC1. The first-order valence-corrected chi connectivity index (χ1v) is 8.93. The molecule has 9 nitrogen and oxygen atoms in total. The molecule has 1 aliphatic heterocycles. The van der Waals surface area contributed by atoms with Crippen LogP contribution in [0.5, 0.6) is 0 Å². The molecule has 0 aliphatic carbocycles. The van der Waals surface area contributed by atoms with Crippen molar-refractivity contribution in [2.75, 3.05) is 31.1 Å². The van der Waals surface area contributed by atoms with E-state index in [4.69, 9.17) is 9.72 Å². The van der Waals surface area contributed by atoms with Crippen molar-refractivity contribution in [1.29, 1.82) is 0 Å². The molecule has 1 fully saturated rings. The summed E-state index contributed by atoms with van der Waals surface area (Å²) >= 11 is 0. The highest BCUT2D eigenvalue weighted by atomic mass is 16.6. The number of aromatic nitrogens is 5. The van der Waals surface area contributed by atoms with Gasteiger partial charge in [0.15, 0.2) is 5.65 Å². The van der Waals surface area contributed by atoms with Crippen LogP contribution >= 0.6 is 0 Å². The van der Waals surface area contributed by atoms with Crippen molar-refractivity contribution in [3.05, 3.63) is 37.1 Å². The van der Waals surface area contributed by atoms with E-state index < -0.39 is 0 Å². The molecule has 0 radical (unpaired) electrons. The summed E-state index contributed by atoms with van der Waals surface area (Å²) in [5.74, 6) is 0.852. The van der Waals surface area contributed by atoms with Crippen LogP contribution in [0.1, 0.15) is 13.8 Å². The monoisotopic (exact) mass is 367 g/mol. The lowest BCUT2D eigenvalue weighted by atomic mass is 10.2. The fourth-order valence-electron chi connectivity index (χ4n) is 3.05. The molecule has 27 heavy (non-hydrogen) atoms. The van der Waals surface area contributed by atoms with Crippen LogP contribution in [0.2, 0.25) is 0 Å². The van der Waals surface area contributed by atoms with Crippen LogP contribution in [0.4, 0.5) is 10.6 Å². The number of carbonyl (C=O) groups excluding carboxylic acids is 1. The molecule has 0 saturated carbocycles. The van der Waals surface area contributed by atoms with Crippen LogP contribution in [-0.4, -0.2) is 67.8 Å². The molecule has 140 valence electrons. The lowest BCUT2D eigenvalue weighted by Crippen LogP contribution is -2.49. The summed E-state index contributed by atoms with van der Waals surface area (Å²) in [6, 6.07) is 1.93. The van der Waals surface area contributed by atoms with Crippen molar-refractivity contribution in [2.45, 2.75) is 20.0 Å². The van der Waals surface area contributed by atoms with E-state index in [1.165, 1.54) is 0 Å². The number of amides is 1. The second kappa shape index (κ2) is 7.18. The molecule has 0 N–H and O–H groups in total. The Bertz CT molecular complexity index is 933. The topological polar surface area (TPSA) is 88.8 Å². The van der Waals surface area contributed by atoms with E-state index >= 15 is 0 Å². The van der Waals surface area contributed by atoms with Crippen molar-refractivity contribution in [3.63, 3.8) is 0 Å². The first kappa shape index (κ1) is 17.2. The fraction of sp³-hybridized carbons (Fsp3) is 0.389. The maximum Gasteiger partial charge on any atom is 0.410 e. The standard InChI is InChI=1S/C18H21N7O2/c1-13(2)27-18(26)24-9-7-23(8-10-24)16-3-6-25-17(22-16)14(11-21-25)15-12-19-4-5-20-15/h3-6,11-13H,7-10H2,1-2H3. The van der Waals surface area contributed by atoms with Gasteiger partial charge in [0.25, 0.3) is 0 Å². The Morgan fingerprint density at radius 3 is 2.67 bits per heavy atom. The number of rotatable bonds is 3. The normalized spacial score (nSPS) is 14.8. The Hall–Kier alpha value is -3.23. The van der Waals surface area contributed by atoms with Crippen molar-refractivity contribution in [2.24, 2.45) is 0 Å². The van der Waals surface area contributed by atoms with Gasteiger partial charge in [0.05, 0.1) is 29.8 Å². The highest BCUT2D eigenvalue weighted by Crippen LogP contribution is 2.23. The molecule has 0 unspecified atom stereocenters. The lowest BCUT2D eigenvalue weighted by Gasteiger charge is -2.35. The zero-order valence-electron chi connectivity index (χ0n) is 15.3. The van der Waals surface area contributed by atoms with E-state index in [2.05, 4.69) is 20.0 Å². The number of fused-ring (bicyclic) bond motifs is 1. The van der Waals surface area contributed by atoms with Gasteiger partial charge in [-0.15, -0.1) is 0 Å². The summed E-state index contributed by atoms with van der Waals surface area (Å²) in [5.41, 5.74) is 2.30. The average molecular weight is 367 g/mol. The van der Waals surface area contributed by atoms with Gasteiger partial charge < -0.3 is 14.5 Å². The number of carbonyl (C=O) groups is 1. The van der Waals surface area contributed by atoms with Crippen LogP contribution in [0, 0.1) is 0 Å². The number of anilines is 1. The van der Waals surface area contributed by atoms with E-state index in [9.17, 15) is 4.79 Å². The van der Waals surface area contributed by atoms with Gasteiger partial charge >= 0.3 is 6.09 Å². The van der Waals surface area contributed by atoms with Gasteiger partial charge in [0, 0.05) is 44.8 Å². The van der Waals surface area contributed by atoms with Crippen LogP contribution in [0.3, 0.4) is 0 Å². The molecule has 1 aliphatic rings. The third kappa shape index (κ3) is 3.53. The molecule has 3 aromatic heterocycles. The highest BCUT2D eigenvalue weighted by molar-refractivity contribution is 5.75. The minimum absolute atomic E-state index is 0.110. The van der Waals surface area contributed by atoms with Crippen molar-refractivity contribution < 1.29 is 9.53 Å². The third-order valence-corrected chi connectivity index (χ3v) is 4.39. The molecular weight excluding hydrogens is 346 g/mol. The van der Waals surface area contributed by atoms with Gasteiger partial charge in [-0.25, -0.2) is 14.3 Å². The molecule has 0 aromatic carbocycles. The lowest BCUT2D eigenvalue weighted by molar-refractivity contribution is 0.0751. The zero-order chi connectivity index (χ0) is 18.8. The third-order valence-electron chi connectivity index (χ3n) is 4.39. The Kier molecular flexibility index (Phi) is 4.57. The van der Waals surface area contributed by atoms with Gasteiger partial charge in [0.1, 0.15) is 5.82 Å². The number of hydrogen-bond acceptors (Lipinski definition) is 7. The predicted molar refractivity (Wildman–Crippen MR) is 99.4 cm³/mol. The van der Waals surface area contributed by atoms with Gasteiger partial charge in [-0.3, -0.25) is 9.97 Å². The molecule has 0 bridgehead atoms. The summed E-state index contributed by atoms with van der Waals surface area (Å²) in [5, 5.41) is 4.34. The van der Waals surface area contributed by atoms with Crippen LogP contribution < -0.4 is 4.90 Å². The number of hydrogen-bond donors (Lipinski definition) is 0. The fourth-order valence-corrected chi connectivity index (χ4v) is 3.05. The first-order valence-electron chi connectivity index (χ1n) is 8.93. The number of ether oxygens (including phenoxy) is 1. The molecule has 1 saturated heterocycles. The molecule has 9 heteroatoms. The Morgan fingerprint density at radius 2 is 1.96 bits per heavy atom. The summed E-state index contributed by atoms with van der Waals surface area (Å²) in [7, 11) is 0. The molecule has 1 amide bonds. The van der Waals surface area contributed by atoms with Crippen LogP contribution in [0.25, 0.3) is 16.9 Å². The van der Waals surface area contributed by atoms with E-state index in [-0.39, 0.29) is 12.2 Å². The van der Waals surface area contributed by atoms with Crippen molar-refractivity contribution in [1.82, 2.24) is 29.5 Å². The maximum atomic E-state index is 12.0. The van der Waals surface area contributed by atoms with E-state index in [0.717, 1.165) is 22.7 Å². The smallest absolute Gasteiger partial charge is 0.410 e. The summed E-state index contributed by atoms with van der Waals surface area (Å²) in [4.78, 5) is 29.2. The quantitative estimate of drug-likeness (QED) is 0.698. The Balaban J connectivity index is 1.53. The molecule has 0 atom stereocenters. The number of nitrogens with zero attached hydrogens (tertiary/aromatic N) is 7. The largest absolute Gasteiger partial charge is 0.447 e. The summed E-state index contributed by atoms with van der Waals surface area (Å²) < 4.78 is 7.00. The van der Waals surface area contributed by atoms with E-state index in [1.54, 1.807) is 34.2 Å². The van der Waals surface area contributed by atoms with E-state index in [1.807, 2.05) is 26.1 Å². The number of piperazine rings is 1. The average Bonchev–Trinajstić information content (AvgIpc) is 3.11. The first-order chi connectivity index (χ1) is 13.1. The highest BCUT2D eigenvalue weighted by Gasteiger charge is 2.24. The van der Waals surface area contributed by atoms with E-state index in [0.29, 0.717) is 26.2 Å². The molecule has 3 aromatic rings. The van der Waals surface area contributed by atoms with Crippen molar-refractivity contribution >= 4 is 17.6 Å². The minimum Gasteiger partial charge on any atom is -0.447 e. The zero-order valence-corrected chi connectivity index (χ0v) is 15.3. The van der Waals surface area contributed by atoms with Crippen LogP contribution in [-0.2, 0) is 4.74 Å². The summed E-state index contributed by atoms with van der Waals surface area (Å²) in [6.45, 7) is 6.32. The minimum atomic E-state index is -0.256. The van der Waals surface area contributed by atoms with Gasteiger partial charge in [-0.1, -0.05) is 0 Å². The van der Waals surface area contributed by atoms with Gasteiger partial charge in [-0.2, -0.15) is 5.10 Å². The Morgan fingerprint density at radius 1 is 1.15 bits per heavy atom. The molecule has 0 spiro atoms. The molecule has 4 heterocycles. The second-order valence-corrected chi connectivity index (χ2v) is 6.61. The molecule has 4 rings (SSSR count). The van der Waals surface area contributed by atoms with Crippen LogP contribution in [0.15, 0.2) is 37.1 Å². The van der Waals surface area contributed by atoms with Gasteiger partial charge in [-0.05, 0) is 19.9 Å². The van der Waals surface area contributed by atoms with Gasteiger partial charge in [0.2, 0.25) is 0 Å². The predicted octanol–water partition coefficient (Wildman–Crippen LogP) is 1.85. The second-order valence-electron chi connectivity index (χ2n) is 6.61. The summed E-state index contributed by atoms with van der Waals surface area (Å²) in [6.07, 6.45) is 8.25. The maximum absolute atomic E-state index is 12.0. The van der Waals surface area contributed by atoms with Crippen molar-refractivity contribution in [3.8, 4) is 11.3 Å². The molecular formula is C18H21N7O2.